The summed E-state index contributed by atoms with van der Waals surface area (Å²) >= 11 is 0. The first kappa shape index (κ1) is 118. The fourth-order valence-electron chi connectivity index (χ4n) is 15.9. The molecule has 3 saturated heterocycles. The van der Waals surface area contributed by atoms with Crippen LogP contribution in [0.3, 0.4) is 0 Å². The number of nitrogens with one attached hydrogen (secondary N) is 5. The van der Waals surface area contributed by atoms with Gasteiger partial charge in [0.1, 0.15) is 65.0 Å². The normalized spacial score (nSPS) is 18.1. The van der Waals surface area contributed by atoms with Gasteiger partial charge in [-0.05, 0) is 115 Å². The van der Waals surface area contributed by atoms with Gasteiger partial charge in [-0.1, -0.05) is 52.9 Å². The SMILES string of the molecule is N#Cc1ccc(CN/C(CCOCCOCCOCCNC(=O)CCOCC(COCCC(=O)NCCOCCOCCOCCc2c([C@H]3OCC[C@@H](O)[C@H]3O)nnn2Cc2ccc(C#N)cc2)(COCCC(=O)NCCOCCOCCOCCc2c([C@H]3OCC[C@@H](O)[C@H]3O)nnn2Cc2ccc(C#N)cc2)NC(=O)CCCOc2ccc3nc(C(C=Nc4ccc(O)c(F)c4)=NN)ccc3c2)=C(\N)[C@H]2OCC[C@@H](O)[C@H]2O)cc1. The molecule has 0 bridgehead atoms. The molecule has 8 aromatic rings. The molecule has 4 amide bonds. The number of hydrazone groups is 1. The molecule has 11 rings (SSSR count). The topological polar surface area (TPSA) is 640 Å². The van der Waals surface area contributed by atoms with E-state index < -0.39 is 77.9 Å². The Bertz CT molecular complexity index is 5500. The summed E-state index contributed by atoms with van der Waals surface area (Å²) in [5.41, 5.74) is 13.5. The first-order valence-electron chi connectivity index (χ1n) is 50.0. The number of nitriles is 3. The lowest BCUT2D eigenvalue weighted by molar-refractivity contribution is -0.138. The monoisotopic (exact) mass is 2090 g/mol. The molecule has 6 heterocycles. The molecule has 9 atom stereocenters. The molecule has 812 valence electrons. The molecule has 3 aliphatic heterocycles. The van der Waals surface area contributed by atoms with Crippen LogP contribution >= 0.6 is 0 Å². The number of aromatic hydroxyl groups is 1. The minimum absolute atomic E-state index is 0.0800. The molecule has 16 N–H and O–H groups in total. The molecule has 47 heteroatoms. The van der Waals surface area contributed by atoms with Crippen molar-refractivity contribution in [3.05, 3.63) is 200 Å². The van der Waals surface area contributed by atoms with E-state index in [0.29, 0.717) is 106 Å². The van der Waals surface area contributed by atoms with E-state index in [1.807, 2.05) is 36.4 Å². The van der Waals surface area contributed by atoms with E-state index in [-0.39, 0.29) is 291 Å². The van der Waals surface area contributed by atoms with Crippen molar-refractivity contribution in [2.75, 3.05) is 205 Å². The Balaban J connectivity index is 0.642. The van der Waals surface area contributed by atoms with Crippen LogP contribution in [0.25, 0.3) is 10.9 Å². The summed E-state index contributed by atoms with van der Waals surface area (Å²) in [7, 11) is 0. The summed E-state index contributed by atoms with van der Waals surface area (Å²) in [6, 6.07) is 39.8. The standard InChI is InChI=1S/C103H136FN19O27/c104-79-59-77(16-20-86(79)124)113-64-83(117-109)81-18-15-76-58-78(17-19-80(76)115-81)147-33-1-2-93(131)116-103(67-144-37-27-90(128)110-30-43-138-49-55-141-52-46-135-34-21-82(94(108)100-97(132)87(125)24-40-148-100)114-63-73-9-3-70(60-105)4-10-73,68-145-38-28-91(129)111-31-44-139-50-56-142-53-47-136-35-22-84-95(101-98(133)88(126)25-41-149-101)118-120-122(84)65-74-11-5-71(61-106)6-12-74)69-146-39-29-92(130)112-32-45-140-51-57-143-54-48-137-36-23-85-96(102-99(134)89(127)26-42-150-102)119-121-123(85)66-75-13-7-72(62-107)8-14-75/h3-20,58-59,64,87-89,97-102,114,124-127,132-134H,1-2,21-57,63,65-69,108-109H2,(H,110,128)(H,111,129)(H,112,130)(H,116,131)/b94-82-,113-64?,117-83?/t87-,88-,89-,97-,98-,99-,100-,101-,102-/m1/s1. The van der Waals surface area contributed by atoms with Crippen molar-refractivity contribution in [2.45, 2.75) is 151 Å². The molecule has 3 aromatic heterocycles. The van der Waals surface area contributed by atoms with Crippen LogP contribution in [-0.2, 0) is 123 Å². The maximum atomic E-state index is 14.3. The molecule has 150 heavy (non-hydrogen) atoms. The highest BCUT2D eigenvalue weighted by Gasteiger charge is 2.40. The molecule has 0 unspecified atom stereocenters. The number of hydrogen-bond acceptors (Lipinski definition) is 40. The summed E-state index contributed by atoms with van der Waals surface area (Å²) in [6.07, 6.45) is -6.38. The summed E-state index contributed by atoms with van der Waals surface area (Å²) in [4.78, 5) is 63.2. The fourth-order valence-corrected chi connectivity index (χ4v) is 15.9. The number of fused-ring (bicyclic) bond motifs is 1. The first-order valence-corrected chi connectivity index (χ1v) is 50.0. The smallest absolute Gasteiger partial charge is 0.222 e. The zero-order valence-corrected chi connectivity index (χ0v) is 83.8. The van der Waals surface area contributed by atoms with Gasteiger partial charge in [0.25, 0.3) is 0 Å². The second-order valence-corrected chi connectivity index (χ2v) is 35.2. The Labute approximate surface area is 867 Å². The van der Waals surface area contributed by atoms with Crippen LogP contribution in [0.15, 0.2) is 143 Å². The highest BCUT2D eigenvalue weighted by Crippen LogP contribution is 2.34. The van der Waals surface area contributed by atoms with Gasteiger partial charge in [0.15, 0.2) is 11.6 Å². The molecule has 0 aliphatic carbocycles. The number of phenolic OH excluding ortho intramolecular Hbond substituents is 1. The molecular weight excluding hydrogens is 1950 g/mol. The number of aliphatic imine (C=N–C) groups is 1. The van der Waals surface area contributed by atoms with Gasteiger partial charge >= 0.3 is 0 Å². The van der Waals surface area contributed by atoms with Crippen LogP contribution in [0, 0.1) is 39.8 Å². The minimum atomic E-state index is -1.49. The number of carbonyl (C=O) groups excluding carboxylic acids is 4. The highest BCUT2D eigenvalue weighted by atomic mass is 19.1. The van der Waals surface area contributed by atoms with Gasteiger partial charge < -0.3 is 150 Å². The summed E-state index contributed by atoms with van der Waals surface area (Å²) in [6.45, 7) is 4.85. The number of hydrogen-bond donors (Lipinski definition) is 14. The van der Waals surface area contributed by atoms with Crippen LogP contribution < -0.4 is 42.9 Å². The number of carbonyl (C=O) groups is 4. The van der Waals surface area contributed by atoms with E-state index in [1.165, 1.54) is 18.3 Å². The van der Waals surface area contributed by atoms with Gasteiger partial charge in [0.2, 0.25) is 23.6 Å². The van der Waals surface area contributed by atoms with Crippen LogP contribution in [0.4, 0.5) is 10.1 Å². The lowest BCUT2D eigenvalue weighted by Crippen LogP contribution is -2.58. The third kappa shape index (κ3) is 39.9. The average Bonchev–Trinajstić information content (AvgIpc) is 1.68. The van der Waals surface area contributed by atoms with Gasteiger partial charge in [-0.3, -0.25) is 24.2 Å². The summed E-state index contributed by atoms with van der Waals surface area (Å²) < 4.78 is 112. The van der Waals surface area contributed by atoms with Gasteiger partial charge in [0, 0.05) is 88.3 Å². The summed E-state index contributed by atoms with van der Waals surface area (Å²) in [5.74, 6) is 3.23. The summed E-state index contributed by atoms with van der Waals surface area (Å²) in [5, 5.41) is 138. The van der Waals surface area contributed by atoms with Crippen LogP contribution in [0.2, 0.25) is 0 Å². The maximum absolute atomic E-state index is 14.3. The van der Waals surface area contributed by atoms with Crippen molar-refractivity contribution in [1.82, 2.24) is 61.6 Å². The Morgan fingerprint density at radius 2 is 0.913 bits per heavy atom. The third-order valence-electron chi connectivity index (χ3n) is 24.1. The van der Waals surface area contributed by atoms with Crippen LogP contribution in [-0.4, -0.2) is 359 Å². The van der Waals surface area contributed by atoms with E-state index in [2.05, 4.69) is 80.5 Å². The maximum Gasteiger partial charge on any atom is 0.222 e. The van der Waals surface area contributed by atoms with E-state index in [0.717, 1.165) is 22.8 Å². The Hall–Kier alpha value is -12.7. The molecule has 0 saturated carbocycles. The zero-order chi connectivity index (χ0) is 106. The van der Waals surface area contributed by atoms with Gasteiger partial charge in [0.05, 0.1) is 291 Å². The quantitative estimate of drug-likeness (QED) is 0.0113. The Morgan fingerprint density at radius 1 is 0.480 bits per heavy atom. The number of amides is 4. The van der Waals surface area contributed by atoms with Crippen molar-refractivity contribution in [3.8, 4) is 29.7 Å². The van der Waals surface area contributed by atoms with E-state index >= 15 is 0 Å². The molecule has 3 aliphatic rings. The van der Waals surface area contributed by atoms with Crippen molar-refractivity contribution in [1.29, 1.82) is 15.8 Å². The van der Waals surface area contributed by atoms with Crippen LogP contribution in [0.5, 0.6) is 11.5 Å². The number of ether oxygens (including phenoxy) is 16. The number of nitrogens with two attached hydrogens (primary N) is 2. The number of halogens is 1. The second-order valence-electron chi connectivity index (χ2n) is 35.2. The fraction of sp³-hybridized carbons (Fsp3) is 0.534. The number of nitrogens with zero attached hydrogens (tertiary/aromatic N) is 12. The number of aromatic nitrogens is 7. The molecular formula is C103H136FN19O27. The molecule has 0 spiro atoms. The van der Waals surface area contributed by atoms with Crippen molar-refractivity contribution >= 4 is 52.1 Å². The molecule has 3 fully saturated rings. The van der Waals surface area contributed by atoms with Crippen molar-refractivity contribution in [2.24, 2.45) is 21.7 Å². The third-order valence-corrected chi connectivity index (χ3v) is 24.1. The second kappa shape index (κ2) is 65.4. The lowest BCUT2D eigenvalue weighted by atomic mass is 9.98. The predicted octanol–water partition coefficient (Wildman–Crippen LogP) is 2.48. The van der Waals surface area contributed by atoms with E-state index in [9.17, 15) is 75.1 Å². The largest absolute Gasteiger partial charge is 0.505 e. The van der Waals surface area contributed by atoms with Gasteiger partial charge in [-0.2, -0.15) is 20.9 Å². The van der Waals surface area contributed by atoms with E-state index in [4.69, 9.17) is 87.4 Å². The van der Waals surface area contributed by atoms with Crippen molar-refractivity contribution < 1.29 is 135 Å². The Kier molecular flexibility index (Phi) is 51.3. The van der Waals surface area contributed by atoms with E-state index in [1.54, 1.807) is 76.1 Å². The average molecular weight is 2090 g/mol. The molecule has 5 aromatic carbocycles. The number of aliphatic hydroxyl groups excluding tert-OH is 6. The van der Waals surface area contributed by atoms with Gasteiger partial charge in [-0.25, -0.2) is 18.7 Å². The van der Waals surface area contributed by atoms with Crippen LogP contribution in [0.1, 0.15) is 132 Å². The Morgan fingerprint density at radius 3 is 1.37 bits per heavy atom. The highest BCUT2D eigenvalue weighted by molar-refractivity contribution is 6.38. The number of aliphatic hydroxyl groups is 6. The first-order chi connectivity index (χ1) is 73.1. The minimum Gasteiger partial charge on any atom is -0.505 e. The number of pyridine rings is 1. The molecule has 46 nitrogen and oxygen atoms in total. The predicted molar refractivity (Wildman–Crippen MR) is 536 cm³/mol. The zero-order valence-electron chi connectivity index (χ0n) is 83.8. The van der Waals surface area contributed by atoms with Crippen molar-refractivity contribution in [3.63, 3.8) is 0 Å². The number of rotatable bonds is 70. The molecule has 0 radical (unpaired) electrons. The van der Waals surface area contributed by atoms with Gasteiger partial charge in [-0.15, -0.1) is 10.2 Å². The number of benzene rings is 5. The lowest BCUT2D eigenvalue weighted by Gasteiger charge is -2.34. The number of phenols is 1.